The predicted octanol–water partition coefficient (Wildman–Crippen LogP) is 3.48. The molecular formula is C15H21N. The summed E-state index contributed by atoms with van der Waals surface area (Å²) in [7, 11) is 0. The Kier molecular flexibility index (Phi) is 3.45. The second-order valence-corrected chi connectivity index (χ2v) is 5.19. The van der Waals surface area contributed by atoms with Gasteiger partial charge >= 0.3 is 0 Å². The minimum absolute atomic E-state index is 0.307. The summed E-state index contributed by atoms with van der Waals surface area (Å²) in [4.78, 5) is 0. The van der Waals surface area contributed by atoms with E-state index >= 15 is 0 Å². The van der Waals surface area contributed by atoms with E-state index in [0.717, 1.165) is 12.5 Å². The Morgan fingerprint density at radius 1 is 1.25 bits per heavy atom. The van der Waals surface area contributed by atoms with Crippen LogP contribution in [-0.4, -0.2) is 12.1 Å². The first kappa shape index (κ1) is 11.4. The Balaban J connectivity index is 1.77. The monoisotopic (exact) mass is 215 g/mol. The molecule has 1 aromatic rings. The molecule has 1 N–H and O–H groups in total. The summed E-state index contributed by atoms with van der Waals surface area (Å²) in [5.41, 5.74) is 1.58. The van der Waals surface area contributed by atoms with Crippen LogP contribution in [0.1, 0.15) is 32.3 Å². The zero-order valence-corrected chi connectivity index (χ0v) is 10.2. The summed E-state index contributed by atoms with van der Waals surface area (Å²) < 4.78 is 0. The molecule has 0 saturated heterocycles. The van der Waals surface area contributed by atoms with Crippen molar-refractivity contribution in [1.29, 1.82) is 0 Å². The molecule has 0 heterocycles. The van der Waals surface area contributed by atoms with E-state index in [1.165, 1.54) is 18.4 Å². The van der Waals surface area contributed by atoms with Crippen molar-refractivity contribution in [1.82, 2.24) is 5.32 Å². The van der Waals surface area contributed by atoms with E-state index in [0.29, 0.717) is 5.54 Å². The Morgan fingerprint density at radius 3 is 2.56 bits per heavy atom. The molecule has 1 nitrogen and oxygen atoms in total. The van der Waals surface area contributed by atoms with E-state index in [4.69, 9.17) is 0 Å². The molecule has 0 unspecified atom stereocenters. The van der Waals surface area contributed by atoms with Gasteiger partial charge in [0, 0.05) is 12.1 Å². The number of rotatable bonds is 5. The van der Waals surface area contributed by atoms with Crippen LogP contribution in [0.3, 0.4) is 0 Å². The van der Waals surface area contributed by atoms with Crippen molar-refractivity contribution in [2.24, 2.45) is 5.92 Å². The van der Waals surface area contributed by atoms with E-state index in [-0.39, 0.29) is 0 Å². The van der Waals surface area contributed by atoms with Gasteiger partial charge in [-0.2, -0.15) is 0 Å². The molecule has 0 spiro atoms. The third kappa shape index (κ3) is 3.21. The molecule has 1 aromatic carbocycles. The molecule has 1 fully saturated rings. The molecule has 0 aromatic heterocycles. The van der Waals surface area contributed by atoms with Crippen LogP contribution in [0.4, 0.5) is 0 Å². The highest BCUT2D eigenvalue weighted by Gasteiger charge is 2.36. The van der Waals surface area contributed by atoms with Gasteiger partial charge in [-0.1, -0.05) is 42.5 Å². The van der Waals surface area contributed by atoms with Crippen LogP contribution >= 0.6 is 0 Å². The number of hydrogen-bond acceptors (Lipinski definition) is 1. The quantitative estimate of drug-likeness (QED) is 0.793. The van der Waals surface area contributed by atoms with Crippen LogP contribution in [0.2, 0.25) is 0 Å². The molecule has 1 aliphatic carbocycles. The van der Waals surface area contributed by atoms with Crippen LogP contribution in [0.25, 0.3) is 6.08 Å². The van der Waals surface area contributed by atoms with E-state index in [9.17, 15) is 0 Å². The van der Waals surface area contributed by atoms with Gasteiger partial charge < -0.3 is 5.32 Å². The summed E-state index contributed by atoms with van der Waals surface area (Å²) in [5, 5.41) is 3.60. The zero-order valence-electron chi connectivity index (χ0n) is 10.2. The van der Waals surface area contributed by atoms with Gasteiger partial charge in [-0.05, 0) is 38.2 Å². The van der Waals surface area contributed by atoms with Crippen molar-refractivity contribution in [2.45, 2.75) is 32.2 Å². The lowest BCUT2D eigenvalue weighted by molar-refractivity contribution is 0.357. The molecule has 1 saturated carbocycles. The van der Waals surface area contributed by atoms with E-state index in [2.05, 4.69) is 55.6 Å². The molecule has 1 aliphatic rings. The molecular weight excluding hydrogens is 194 g/mol. The third-order valence-corrected chi connectivity index (χ3v) is 3.38. The predicted molar refractivity (Wildman–Crippen MR) is 70.3 cm³/mol. The summed E-state index contributed by atoms with van der Waals surface area (Å²) in [6.45, 7) is 5.57. The van der Waals surface area contributed by atoms with Crippen molar-refractivity contribution < 1.29 is 0 Å². The van der Waals surface area contributed by atoms with Crippen molar-refractivity contribution >= 4 is 6.08 Å². The minimum atomic E-state index is 0.307. The van der Waals surface area contributed by atoms with Crippen molar-refractivity contribution in [3.63, 3.8) is 0 Å². The fourth-order valence-electron chi connectivity index (χ4n) is 2.03. The van der Waals surface area contributed by atoms with Crippen molar-refractivity contribution in [3.8, 4) is 0 Å². The Hall–Kier alpha value is -1.08. The van der Waals surface area contributed by atoms with Crippen LogP contribution in [-0.2, 0) is 0 Å². The van der Waals surface area contributed by atoms with Crippen LogP contribution in [0.15, 0.2) is 36.4 Å². The molecule has 0 amide bonds. The third-order valence-electron chi connectivity index (χ3n) is 3.38. The maximum absolute atomic E-state index is 3.60. The van der Waals surface area contributed by atoms with Gasteiger partial charge in [0.15, 0.2) is 0 Å². The topological polar surface area (TPSA) is 12.0 Å². The smallest absolute Gasteiger partial charge is 0.0156 e. The summed E-state index contributed by atoms with van der Waals surface area (Å²) in [6.07, 6.45) is 7.17. The second-order valence-electron chi connectivity index (χ2n) is 5.19. The van der Waals surface area contributed by atoms with Gasteiger partial charge in [0.2, 0.25) is 0 Å². The second kappa shape index (κ2) is 4.84. The van der Waals surface area contributed by atoms with Crippen LogP contribution in [0, 0.1) is 5.92 Å². The van der Waals surface area contributed by atoms with Crippen molar-refractivity contribution in [2.75, 3.05) is 6.54 Å². The fraction of sp³-hybridized carbons (Fsp3) is 0.467. The van der Waals surface area contributed by atoms with Gasteiger partial charge in [0.1, 0.15) is 0 Å². The summed E-state index contributed by atoms with van der Waals surface area (Å²) >= 11 is 0. The largest absolute Gasteiger partial charge is 0.308 e. The highest BCUT2D eigenvalue weighted by atomic mass is 15.0. The lowest BCUT2D eigenvalue weighted by Crippen LogP contribution is -2.41. The molecule has 1 heteroatoms. The van der Waals surface area contributed by atoms with Gasteiger partial charge in [-0.3, -0.25) is 0 Å². The SMILES string of the molecule is CC(C)(NC/C=C/c1ccccc1)C1CC1. The molecule has 86 valence electrons. The molecule has 0 atom stereocenters. The van der Waals surface area contributed by atoms with Gasteiger partial charge in [-0.25, -0.2) is 0 Å². The summed E-state index contributed by atoms with van der Waals surface area (Å²) in [5.74, 6) is 0.887. The Labute approximate surface area is 98.6 Å². The number of benzene rings is 1. The average molecular weight is 215 g/mol. The molecule has 16 heavy (non-hydrogen) atoms. The van der Waals surface area contributed by atoms with E-state index in [1.54, 1.807) is 0 Å². The molecule has 0 aliphatic heterocycles. The standard InChI is InChI=1S/C15H21N/c1-15(2,14-10-11-14)16-12-6-9-13-7-4-3-5-8-13/h3-9,14,16H,10-12H2,1-2H3/b9-6+. The maximum atomic E-state index is 3.60. The highest BCUT2D eigenvalue weighted by molar-refractivity contribution is 5.48. The fourth-order valence-corrected chi connectivity index (χ4v) is 2.03. The van der Waals surface area contributed by atoms with Crippen molar-refractivity contribution in [3.05, 3.63) is 42.0 Å². The number of hydrogen-bond donors (Lipinski definition) is 1. The van der Waals surface area contributed by atoms with E-state index in [1.807, 2.05) is 6.07 Å². The van der Waals surface area contributed by atoms with Crippen LogP contribution in [0.5, 0.6) is 0 Å². The van der Waals surface area contributed by atoms with Gasteiger partial charge in [0.05, 0.1) is 0 Å². The first-order valence-electron chi connectivity index (χ1n) is 6.15. The maximum Gasteiger partial charge on any atom is 0.0156 e. The average Bonchev–Trinajstić information content (AvgIpc) is 3.10. The van der Waals surface area contributed by atoms with Gasteiger partial charge in [0.25, 0.3) is 0 Å². The lowest BCUT2D eigenvalue weighted by Gasteiger charge is -2.25. The normalized spacial score (nSPS) is 16.9. The molecule has 2 rings (SSSR count). The first-order valence-corrected chi connectivity index (χ1v) is 6.15. The van der Waals surface area contributed by atoms with E-state index < -0.39 is 0 Å². The summed E-state index contributed by atoms with van der Waals surface area (Å²) in [6, 6.07) is 10.4. The van der Waals surface area contributed by atoms with Crippen LogP contribution < -0.4 is 5.32 Å². The zero-order chi connectivity index (χ0) is 11.4. The molecule has 0 radical (unpaired) electrons. The van der Waals surface area contributed by atoms with Gasteiger partial charge in [-0.15, -0.1) is 0 Å². The Morgan fingerprint density at radius 2 is 1.94 bits per heavy atom. The first-order chi connectivity index (χ1) is 7.68. The number of nitrogens with one attached hydrogen (secondary N) is 1. The minimum Gasteiger partial charge on any atom is -0.308 e. The lowest BCUT2D eigenvalue weighted by atomic mass is 9.99. The highest BCUT2D eigenvalue weighted by Crippen LogP contribution is 2.38. The molecule has 0 bridgehead atoms. The Bertz CT molecular complexity index is 347.